The maximum absolute atomic E-state index is 12.2. The van der Waals surface area contributed by atoms with Crippen molar-refractivity contribution in [3.05, 3.63) is 61.5 Å². The van der Waals surface area contributed by atoms with Gasteiger partial charge < -0.3 is 15.2 Å². The molecule has 0 aliphatic carbocycles. The number of hydrogen-bond donors (Lipinski definition) is 2. The molecule has 28 heavy (non-hydrogen) atoms. The number of phenols is 1. The summed E-state index contributed by atoms with van der Waals surface area (Å²) in [5, 5.41) is 24.5. The van der Waals surface area contributed by atoms with Gasteiger partial charge in [0, 0.05) is 11.1 Å². The number of carbonyl (C=O) groups excluding carboxylic acids is 1. The Labute approximate surface area is 169 Å². The number of nitrogens with zero attached hydrogens (tertiary/aromatic N) is 2. The lowest BCUT2D eigenvalue weighted by Gasteiger charge is -2.05. The van der Waals surface area contributed by atoms with Gasteiger partial charge in [-0.1, -0.05) is 17.7 Å². The molecular weight excluding hydrogens is 406 g/mol. The van der Waals surface area contributed by atoms with Crippen molar-refractivity contribution in [2.24, 2.45) is 4.99 Å². The monoisotopic (exact) mass is 419 g/mol. The Morgan fingerprint density at radius 2 is 2.11 bits per heavy atom. The third-order valence-electron chi connectivity index (χ3n) is 3.84. The van der Waals surface area contributed by atoms with Crippen LogP contribution < -0.4 is 10.1 Å². The van der Waals surface area contributed by atoms with Crippen LogP contribution in [0.25, 0.3) is 6.08 Å². The molecule has 0 aromatic heterocycles. The van der Waals surface area contributed by atoms with Crippen LogP contribution in [0.2, 0.25) is 5.02 Å². The van der Waals surface area contributed by atoms with E-state index in [4.69, 9.17) is 16.3 Å². The second kappa shape index (κ2) is 7.91. The summed E-state index contributed by atoms with van der Waals surface area (Å²) >= 11 is 7.08. The summed E-state index contributed by atoms with van der Waals surface area (Å²) in [5.74, 6) is -1.03. The molecule has 1 fully saturated rings. The molecule has 1 aliphatic heterocycles. The number of aromatic hydroxyl groups is 1. The number of benzene rings is 2. The first-order valence-electron chi connectivity index (χ1n) is 7.89. The number of thioether (sulfide) groups is 1. The molecule has 1 amide bonds. The normalized spacial score (nSPS) is 16.5. The van der Waals surface area contributed by atoms with Gasteiger partial charge in [-0.25, -0.2) is 4.99 Å². The van der Waals surface area contributed by atoms with Crippen molar-refractivity contribution in [3.8, 4) is 11.5 Å². The molecule has 0 saturated carbocycles. The standard InChI is InChI=1S/C18H14ClN3O5S/c1-9-3-4-11(19)8-12(9)20-18-21-17(24)15(28-18)7-10-5-13(22(25)26)16(23)14(6-10)27-2/h3-8,23H,1-2H3,(H,20,21,24)/b15-7-. The van der Waals surface area contributed by atoms with E-state index in [1.54, 1.807) is 12.1 Å². The zero-order chi connectivity index (χ0) is 20.4. The molecule has 1 saturated heterocycles. The van der Waals surface area contributed by atoms with E-state index >= 15 is 0 Å². The Hall–Kier alpha value is -3.04. The predicted molar refractivity (Wildman–Crippen MR) is 108 cm³/mol. The van der Waals surface area contributed by atoms with Gasteiger partial charge in [-0.05, 0) is 54.1 Å². The van der Waals surface area contributed by atoms with Crippen LogP contribution in [0.15, 0.2) is 40.2 Å². The van der Waals surface area contributed by atoms with E-state index in [1.165, 1.54) is 19.3 Å². The molecule has 0 unspecified atom stereocenters. The summed E-state index contributed by atoms with van der Waals surface area (Å²) in [6.07, 6.45) is 1.46. The number of rotatable bonds is 4. The topological polar surface area (TPSA) is 114 Å². The summed E-state index contributed by atoms with van der Waals surface area (Å²) in [6.45, 7) is 1.87. The zero-order valence-electron chi connectivity index (χ0n) is 14.7. The number of halogens is 1. The van der Waals surface area contributed by atoms with Crippen LogP contribution in [0.5, 0.6) is 11.5 Å². The van der Waals surface area contributed by atoms with Crippen molar-refractivity contribution < 1.29 is 19.6 Å². The molecule has 2 N–H and O–H groups in total. The minimum absolute atomic E-state index is 0.0621. The second-order valence-corrected chi connectivity index (χ2v) is 7.23. The molecule has 8 nitrogen and oxygen atoms in total. The minimum atomic E-state index is -0.726. The average Bonchev–Trinajstić information content (AvgIpc) is 2.98. The molecule has 2 aromatic rings. The van der Waals surface area contributed by atoms with Crippen molar-refractivity contribution in [1.82, 2.24) is 5.32 Å². The van der Waals surface area contributed by atoms with Gasteiger partial charge in [0.05, 0.1) is 22.6 Å². The van der Waals surface area contributed by atoms with Crippen molar-refractivity contribution in [3.63, 3.8) is 0 Å². The number of amides is 1. The molecule has 2 aromatic carbocycles. The number of phenolic OH excluding ortho intramolecular Hbond substituents is 1. The van der Waals surface area contributed by atoms with Crippen LogP contribution >= 0.6 is 23.4 Å². The number of hydrogen-bond acceptors (Lipinski definition) is 7. The maximum Gasteiger partial charge on any atom is 0.315 e. The fourth-order valence-corrected chi connectivity index (χ4v) is 3.44. The number of aryl methyl sites for hydroxylation is 1. The van der Waals surface area contributed by atoms with Crippen LogP contribution in [0.1, 0.15) is 11.1 Å². The third-order valence-corrected chi connectivity index (χ3v) is 4.98. The Morgan fingerprint density at radius 1 is 1.36 bits per heavy atom. The van der Waals surface area contributed by atoms with E-state index < -0.39 is 22.3 Å². The minimum Gasteiger partial charge on any atom is -0.500 e. The number of nitro groups is 1. The van der Waals surface area contributed by atoms with E-state index in [9.17, 15) is 20.0 Å². The number of carbonyl (C=O) groups is 1. The largest absolute Gasteiger partial charge is 0.500 e. The second-order valence-electron chi connectivity index (χ2n) is 5.76. The molecular formula is C18H14ClN3O5S. The summed E-state index contributed by atoms with van der Waals surface area (Å²) in [6, 6.07) is 7.82. The lowest BCUT2D eigenvalue weighted by atomic mass is 10.1. The van der Waals surface area contributed by atoms with Crippen LogP contribution in [0, 0.1) is 17.0 Å². The highest BCUT2D eigenvalue weighted by Crippen LogP contribution is 2.38. The van der Waals surface area contributed by atoms with Crippen LogP contribution in [-0.2, 0) is 4.79 Å². The van der Waals surface area contributed by atoms with Gasteiger partial charge >= 0.3 is 5.69 Å². The van der Waals surface area contributed by atoms with E-state index in [0.717, 1.165) is 23.4 Å². The lowest BCUT2D eigenvalue weighted by molar-refractivity contribution is -0.386. The van der Waals surface area contributed by atoms with Gasteiger partial charge in [-0.2, -0.15) is 0 Å². The molecule has 0 atom stereocenters. The van der Waals surface area contributed by atoms with Gasteiger partial charge in [-0.3, -0.25) is 14.9 Å². The van der Waals surface area contributed by atoms with E-state index in [0.29, 0.717) is 26.3 Å². The first-order chi connectivity index (χ1) is 13.3. The predicted octanol–water partition coefficient (Wildman–Crippen LogP) is 4.16. The van der Waals surface area contributed by atoms with Gasteiger partial charge in [0.1, 0.15) is 0 Å². The van der Waals surface area contributed by atoms with Crippen molar-refractivity contribution >= 4 is 51.9 Å². The first kappa shape index (κ1) is 19.7. The van der Waals surface area contributed by atoms with Crippen molar-refractivity contribution in [1.29, 1.82) is 0 Å². The van der Waals surface area contributed by atoms with Crippen molar-refractivity contribution in [2.45, 2.75) is 6.92 Å². The maximum atomic E-state index is 12.2. The Balaban J connectivity index is 1.95. The molecule has 1 heterocycles. The fraction of sp³-hybridized carbons (Fsp3) is 0.111. The number of methoxy groups -OCH3 is 1. The number of aliphatic imine (C=N–C) groups is 1. The Bertz CT molecular complexity index is 1050. The average molecular weight is 420 g/mol. The highest BCUT2D eigenvalue weighted by atomic mass is 35.5. The highest BCUT2D eigenvalue weighted by molar-refractivity contribution is 8.18. The van der Waals surface area contributed by atoms with E-state index in [1.807, 2.05) is 13.0 Å². The number of nitrogens with one attached hydrogen (secondary N) is 1. The van der Waals surface area contributed by atoms with Gasteiger partial charge in [0.2, 0.25) is 5.75 Å². The summed E-state index contributed by atoms with van der Waals surface area (Å²) in [5.41, 5.74) is 1.33. The number of nitro benzene ring substituents is 1. The van der Waals surface area contributed by atoms with E-state index in [2.05, 4.69) is 10.3 Å². The van der Waals surface area contributed by atoms with Crippen LogP contribution in [-0.4, -0.2) is 28.2 Å². The number of amidine groups is 1. The molecule has 1 aliphatic rings. The van der Waals surface area contributed by atoms with Crippen LogP contribution in [0.4, 0.5) is 11.4 Å². The summed E-state index contributed by atoms with van der Waals surface area (Å²) in [7, 11) is 1.28. The molecule has 3 rings (SSSR count). The fourth-order valence-electron chi connectivity index (χ4n) is 2.44. The highest BCUT2D eigenvalue weighted by Gasteiger charge is 2.25. The molecule has 0 spiro atoms. The van der Waals surface area contributed by atoms with E-state index in [-0.39, 0.29) is 5.75 Å². The molecule has 10 heteroatoms. The summed E-state index contributed by atoms with van der Waals surface area (Å²) < 4.78 is 4.96. The first-order valence-corrected chi connectivity index (χ1v) is 9.09. The van der Waals surface area contributed by atoms with Gasteiger partial charge in [0.15, 0.2) is 10.9 Å². The zero-order valence-corrected chi connectivity index (χ0v) is 16.3. The van der Waals surface area contributed by atoms with Gasteiger partial charge in [0.25, 0.3) is 5.91 Å². The smallest absolute Gasteiger partial charge is 0.315 e. The van der Waals surface area contributed by atoms with Crippen LogP contribution in [0.3, 0.4) is 0 Å². The Morgan fingerprint density at radius 3 is 2.79 bits per heavy atom. The molecule has 144 valence electrons. The number of ether oxygens (including phenoxy) is 1. The Kier molecular flexibility index (Phi) is 5.57. The van der Waals surface area contributed by atoms with Gasteiger partial charge in [-0.15, -0.1) is 0 Å². The third kappa shape index (κ3) is 4.10. The molecule has 0 bridgehead atoms. The SMILES string of the molecule is COc1cc(/C=C2\SC(=Nc3cc(Cl)ccc3C)NC2=O)cc([N+](=O)[O-])c1O. The molecule has 0 radical (unpaired) electrons. The quantitative estimate of drug-likeness (QED) is 0.437. The van der Waals surface area contributed by atoms with Crippen molar-refractivity contribution in [2.75, 3.05) is 7.11 Å². The lowest BCUT2D eigenvalue weighted by Crippen LogP contribution is -2.19. The summed E-state index contributed by atoms with van der Waals surface area (Å²) in [4.78, 5) is 27.3.